The summed E-state index contributed by atoms with van der Waals surface area (Å²) in [6.45, 7) is 3.43. The van der Waals surface area contributed by atoms with Crippen molar-refractivity contribution in [3.05, 3.63) is 0 Å². The third kappa shape index (κ3) is 2.66. The first-order chi connectivity index (χ1) is 7.60. The van der Waals surface area contributed by atoms with Gasteiger partial charge in [0.15, 0.2) is 0 Å². The quantitative estimate of drug-likeness (QED) is 0.706. The van der Waals surface area contributed by atoms with Crippen molar-refractivity contribution in [3.63, 3.8) is 0 Å². The fraction of sp³-hybridized carbons (Fsp3) is 0.636. The number of urea groups is 1. The van der Waals surface area contributed by atoms with Gasteiger partial charge in [-0.3, -0.25) is 4.79 Å². The van der Waals surface area contributed by atoms with Crippen LogP contribution in [-0.4, -0.2) is 53.1 Å². The number of carboxylic acid groups (broad SMARTS) is 1. The monoisotopic (exact) mass is 224 g/mol. The second kappa shape index (κ2) is 5.40. The van der Waals surface area contributed by atoms with Crippen LogP contribution in [0.15, 0.2) is 0 Å². The number of carbonyl (C=O) groups is 2. The molecule has 1 saturated heterocycles. The number of hydrogen-bond donors (Lipinski definition) is 1. The Balaban J connectivity index is 2.45. The van der Waals surface area contributed by atoms with Gasteiger partial charge in [0, 0.05) is 19.6 Å². The van der Waals surface area contributed by atoms with Crippen LogP contribution in [0.2, 0.25) is 0 Å². The zero-order valence-electron chi connectivity index (χ0n) is 9.35. The van der Waals surface area contributed by atoms with Crippen molar-refractivity contribution < 1.29 is 14.7 Å². The normalized spacial score (nSPS) is 15.1. The van der Waals surface area contributed by atoms with Crippen LogP contribution in [0, 0.1) is 18.3 Å². The molecule has 1 aliphatic rings. The van der Waals surface area contributed by atoms with E-state index in [1.807, 2.05) is 6.92 Å². The molecule has 1 aliphatic heterocycles. The number of carbonyl (C=O) groups excluding carboxylic acids is 1. The molecule has 0 aromatic rings. The number of rotatable bonds is 4. The predicted octanol–water partition coefficient (Wildman–Crippen LogP) is 0.468. The zero-order valence-corrected chi connectivity index (χ0v) is 9.35. The van der Waals surface area contributed by atoms with Crippen molar-refractivity contribution in [2.75, 3.05) is 26.2 Å². The number of aliphatic carboxylic acids is 1. The summed E-state index contributed by atoms with van der Waals surface area (Å²) in [6.07, 6.45) is 6.01. The number of amides is 2. The first-order valence-corrected chi connectivity index (χ1v) is 5.30. The maximum absolute atomic E-state index is 11.8. The highest BCUT2D eigenvalue weighted by Gasteiger charge is 2.37. The molecule has 16 heavy (non-hydrogen) atoms. The minimum atomic E-state index is -0.844. The fourth-order valence-corrected chi connectivity index (χ4v) is 1.61. The molecular weight excluding hydrogens is 208 g/mol. The summed E-state index contributed by atoms with van der Waals surface area (Å²) < 4.78 is 0. The molecule has 0 aliphatic carbocycles. The Morgan fingerprint density at radius 3 is 2.62 bits per heavy atom. The lowest BCUT2D eigenvalue weighted by Crippen LogP contribution is -2.57. The van der Waals surface area contributed by atoms with E-state index in [0.29, 0.717) is 19.6 Å². The number of likely N-dealkylation sites (tertiary alicyclic amines) is 1. The van der Waals surface area contributed by atoms with E-state index in [2.05, 4.69) is 5.92 Å². The van der Waals surface area contributed by atoms with Gasteiger partial charge in [-0.15, -0.1) is 6.42 Å². The van der Waals surface area contributed by atoms with Crippen LogP contribution >= 0.6 is 0 Å². The van der Waals surface area contributed by atoms with E-state index in [9.17, 15) is 9.59 Å². The van der Waals surface area contributed by atoms with E-state index in [-0.39, 0.29) is 12.6 Å². The molecule has 0 aromatic heterocycles. The third-order valence-electron chi connectivity index (χ3n) is 2.55. The van der Waals surface area contributed by atoms with Crippen molar-refractivity contribution in [1.82, 2.24) is 9.80 Å². The van der Waals surface area contributed by atoms with Crippen LogP contribution < -0.4 is 0 Å². The lowest BCUT2D eigenvalue weighted by Gasteiger charge is -2.39. The number of hydrogen-bond acceptors (Lipinski definition) is 2. The van der Waals surface area contributed by atoms with Crippen LogP contribution in [0.3, 0.4) is 0 Å². The van der Waals surface area contributed by atoms with Crippen molar-refractivity contribution in [2.45, 2.75) is 13.3 Å². The van der Waals surface area contributed by atoms with E-state index < -0.39 is 11.9 Å². The summed E-state index contributed by atoms with van der Waals surface area (Å²) in [5.41, 5.74) is 0. The topological polar surface area (TPSA) is 60.9 Å². The molecule has 0 saturated carbocycles. The zero-order chi connectivity index (χ0) is 12.1. The Labute approximate surface area is 95.0 Å². The Morgan fingerprint density at radius 1 is 1.56 bits per heavy atom. The molecule has 1 N–H and O–H groups in total. The molecule has 0 radical (unpaired) electrons. The molecule has 1 heterocycles. The van der Waals surface area contributed by atoms with Crippen molar-refractivity contribution >= 4 is 12.0 Å². The van der Waals surface area contributed by atoms with E-state index in [1.165, 1.54) is 4.90 Å². The highest BCUT2D eigenvalue weighted by Crippen LogP contribution is 2.17. The maximum atomic E-state index is 11.8. The molecule has 0 unspecified atom stereocenters. The lowest BCUT2D eigenvalue weighted by atomic mass is 10.0. The maximum Gasteiger partial charge on any atom is 0.320 e. The molecule has 2 amide bonds. The SMILES string of the molecule is C#CCN(CCC)C(=O)N1CC(C(=O)O)C1. The van der Waals surface area contributed by atoms with E-state index in [1.54, 1.807) is 4.90 Å². The van der Waals surface area contributed by atoms with Crippen LogP contribution in [0.25, 0.3) is 0 Å². The van der Waals surface area contributed by atoms with Gasteiger partial charge in [0.2, 0.25) is 0 Å². The Bertz CT molecular complexity index is 316. The first kappa shape index (κ1) is 12.4. The molecule has 0 atom stereocenters. The average molecular weight is 224 g/mol. The lowest BCUT2D eigenvalue weighted by molar-refractivity contribution is -0.146. The standard InChI is InChI=1S/C11H16N2O3/c1-3-5-12(6-4-2)11(16)13-7-9(8-13)10(14)15/h1,9H,4-8H2,2H3,(H,14,15). The van der Waals surface area contributed by atoms with Gasteiger partial charge in [-0.05, 0) is 6.42 Å². The third-order valence-corrected chi connectivity index (χ3v) is 2.55. The smallest absolute Gasteiger partial charge is 0.320 e. The summed E-state index contributed by atoms with van der Waals surface area (Å²) in [6, 6.07) is -0.155. The van der Waals surface area contributed by atoms with Crippen molar-refractivity contribution in [3.8, 4) is 12.3 Å². The van der Waals surface area contributed by atoms with Gasteiger partial charge < -0.3 is 14.9 Å². The van der Waals surface area contributed by atoms with E-state index in [0.717, 1.165) is 6.42 Å². The molecular formula is C11H16N2O3. The van der Waals surface area contributed by atoms with Crippen molar-refractivity contribution in [2.24, 2.45) is 5.92 Å². The van der Waals surface area contributed by atoms with Gasteiger partial charge >= 0.3 is 12.0 Å². The second-order valence-corrected chi connectivity index (χ2v) is 3.85. The van der Waals surface area contributed by atoms with Crippen LogP contribution in [0.1, 0.15) is 13.3 Å². The fourth-order valence-electron chi connectivity index (χ4n) is 1.61. The van der Waals surface area contributed by atoms with Crippen LogP contribution in [0.5, 0.6) is 0 Å². The summed E-state index contributed by atoms with van der Waals surface area (Å²) >= 11 is 0. The van der Waals surface area contributed by atoms with Crippen molar-refractivity contribution in [1.29, 1.82) is 0 Å². The Morgan fingerprint density at radius 2 is 2.19 bits per heavy atom. The van der Waals surface area contributed by atoms with Gasteiger partial charge in [0.05, 0.1) is 12.5 Å². The highest BCUT2D eigenvalue weighted by molar-refractivity contribution is 5.80. The van der Waals surface area contributed by atoms with E-state index in [4.69, 9.17) is 11.5 Å². The molecule has 5 heteroatoms. The summed E-state index contributed by atoms with van der Waals surface area (Å²) in [7, 11) is 0. The number of terminal acetylenes is 1. The number of nitrogens with zero attached hydrogens (tertiary/aromatic N) is 2. The molecule has 1 fully saturated rings. The molecule has 88 valence electrons. The summed E-state index contributed by atoms with van der Waals surface area (Å²) in [5.74, 6) is 1.17. The summed E-state index contributed by atoms with van der Waals surface area (Å²) in [4.78, 5) is 25.5. The average Bonchev–Trinajstić information content (AvgIpc) is 2.14. The van der Waals surface area contributed by atoms with Gasteiger partial charge in [0.25, 0.3) is 0 Å². The largest absolute Gasteiger partial charge is 0.481 e. The molecule has 5 nitrogen and oxygen atoms in total. The summed E-state index contributed by atoms with van der Waals surface area (Å²) in [5, 5.41) is 8.69. The van der Waals surface area contributed by atoms with Gasteiger partial charge in [-0.1, -0.05) is 12.8 Å². The Hall–Kier alpha value is -1.70. The van der Waals surface area contributed by atoms with Gasteiger partial charge in [0.1, 0.15) is 0 Å². The van der Waals surface area contributed by atoms with E-state index >= 15 is 0 Å². The number of carboxylic acids is 1. The molecule has 0 spiro atoms. The second-order valence-electron chi connectivity index (χ2n) is 3.85. The minimum Gasteiger partial charge on any atom is -0.481 e. The van der Waals surface area contributed by atoms with Gasteiger partial charge in [-0.2, -0.15) is 0 Å². The van der Waals surface area contributed by atoms with Crippen LogP contribution in [-0.2, 0) is 4.79 Å². The minimum absolute atomic E-state index is 0.155. The first-order valence-electron chi connectivity index (χ1n) is 5.30. The van der Waals surface area contributed by atoms with Crippen LogP contribution in [0.4, 0.5) is 4.79 Å². The van der Waals surface area contributed by atoms with Gasteiger partial charge in [-0.25, -0.2) is 4.79 Å². The highest BCUT2D eigenvalue weighted by atomic mass is 16.4. The Kier molecular flexibility index (Phi) is 4.18. The molecule has 0 bridgehead atoms. The molecule has 1 rings (SSSR count). The predicted molar refractivity (Wildman–Crippen MR) is 58.8 cm³/mol. The molecule has 0 aromatic carbocycles.